The number of piperidine rings is 1. The minimum Gasteiger partial charge on any atom is -0.320 e. The van der Waals surface area contributed by atoms with Crippen LogP contribution in [-0.4, -0.2) is 44.3 Å². The van der Waals surface area contributed by atoms with Gasteiger partial charge in [0.15, 0.2) is 0 Å². The summed E-state index contributed by atoms with van der Waals surface area (Å²) in [7, 11) is -3.32. The number of hydrogen-bond acceptors (Lipinski definition) is 3. The maximum absolute atomic E-state index is 12.3. The summed E-state index contributed by atoms with van der Waals surface area (Å²) < 4.78 is 60.6. The highest BCUT2D eigenvalue weighted by Crippen LogP contribution is 2.28. The van der Waals surface area contributed by atoms with Gasteiger partial charge in [-0.1, -0.05) is 0 Å². The van der Waals surface area contributed by atoms with Crippen LogP contribution in [0.3, 0.4) is 0 Å². The molecular formula is C9H17F3N2O2S. The predicted molar refractivity (Wildman–Crippen MR) is 57.8 cm³/mol. The Morgan fingerprint density at radius 3 is 2.53 bits per heavy atom. The Hall–Kier alpha value is -0.340. The molecule has 4 nitrogen and oxygen atoms in total. The van der Waals surface area contributed by atoms with Gasteiger partial charge in [0.25, 0.3) is 0 Å². The van der Waals surface area contributed by atoms with Gasteiger partial charge in [-0.3, -0.25) is 0 Å². The fourth-order valence-corrected chi connectivity index (χ4v) is 2.96. The Morgan fingerprint density at radius 1 is 1.47 bits per heavy atom. The zero-order valence-electron chi connectivity index (χ0n) is 9.57. The number of nitrogens with two attached hydrogens (primary N) is 1. The average Bonchev–Trinajstić information content (AvgIpc) is 2.15. The first kappa shape index (κ1) is 14.7. The van der Waals surface area contributed by atoms with E-state index in [1.165, 1.54) is 4.31 Å². The molecular weight excluding hydrogens is 257 g/mol. The average molecular weight is 274 g/mol. The molecule has 0 spiro atoms. The molecule has 0 aliphatic carbocycles. The third kappa shape index (κ3) is 4.44. The molecule has 2 unspecified atom stereocenters. The SMILES string of the molecule is CS(=O)(=O)N1CCCC(CC(N)C(F)(F)F)C1. The molecule has 2 N–H and O–H groups in total. The highest BCUT2D eigenvalue weighted by Gasteiger charge is 2.39. The van der Waals surface area contributed by atoms with E-state index in [0.717, 1.165) is 6.26 Å². The van der Waals surface area contributed by atoms with Crippen molar-refractivity contribution in [3.63, 3.8) is 0 Å². The minimum absolute atomic E-state index is 0.141. The Bertz CT molecular complexity index is 356. The second-order valence-electron chi connectivity index (χ2n) is 4.51. The van der Waals surface area contributed by atoms with E-state index in [2.05, 4.69) is 0 Å². The fourth-order valence-electron chi connectivity index (χ4n) is 2.01. The van der Waals surface area contributed by atoms with Crippen LogP contribution in [0.25, 0.3) is 0 Å². The van der Waals surface area contributed by atoms with Crippen molar-refractivity contribution in [1.29, 1.82) is 0 Å². The molecule has 1 heterocycles. The van der Waals surface area contributed by atoms with Gasteiger partial charge >= 0.3 is 6.18 Å². The lowest BCUT2D eigenvalue weighted by atomic mass is 9.92. The molecule has 1 aliphatic rings. The summed E-state index contributed by atoms with van der Waals surface area (Å²) in [5.41, 5.74) is 5.04. The van der Waals surface area contributed by atoms with Gasteiger partial charge in [0.1, 0.15) is 6.04 Å². The Morgan fingerprint density at radius 2 is 2.06 bits per heavy atom. The monoisotopic (exact) mass is 274 g/mol. The zero-order valence-corrected chi connectivity index (χ0v) is 10.4. The number of sulfonamides is 1. The second kappa shape index (κ2) is 5.11. The first-order chi connectivity index (χ1) is 7.60. The van der Waals surface area contributed by atoms with Crippen LogP contribution in [0.15, 0.2) is 0 Å². The van der Waals surface area contributed by atoms with Gasteiger partial charge < -0.3 is 5.73 Å². The Kier molecular flexibility index (Phi) is 4.43. The van der Waals surface area contributed by atoms with Crippen LogP contribution in [0.2, 0.25) is 0 Å². The highest BCUT2D eigenvalue weighted by molar-refractivity contribution is 7.88. The molecule has 1 saturated heterocycles. The fraction of sp³-hybridized carbons (Fsp3) is 1.00. The van der Waals surface area contributed by atoms with Gasteiger partial charge in [0, 0.05) is 13.1 Å². The lowest BCUT2D eigenvalue weighted by Crippen LogP contribution is -2.44. The van der Waals surface area contributed by atoms with Crippen molar-refractivity contribution in [2.75, 3.05) is 19.3 Å². The van der Waals surface area contributed by atoms with Crippen molar-refractivity contribution < 1.29 is 21.6 Å². The Labute approximate surface area is 99.0 Å². The molecule has 1 aliphatic heterocycles. The van der Waals surface area contributed by atoms with Crippen LogP contribution in [0.4, 0.5) is 13.2 Å². The summed E-state index contributed by atoms with van der Waals surface area (Å²) in [5.74, 6) is -0.310. The molecule has 1 fully saturated rings. The van der Waals surface area contributed by atoms with Gasteiger partial charge in [0.05, 0.1) is 6.26 Å². The number of hydrogen-bond donors (Lipinski definition) is 1. The molecule has 0 aromatic heterocycles. The van der Waals surface area contributed by atoms with Gasteiger partial charge in [0.2, 0.25) is 10.0 Å². The molecule has 2 atom stereocenters. The smallest absolute Gasteiger partial charge is 0.320 e. The zero-order chi connectivity index (χ0) is 13.3. The molecule has 1 rings (SSSR count). The van der Waals surface area contributed by atoms with Crippen molar-refractivity contribution in [3.8, 4) is 0 Å². The summed E-state index contributed by atoms with van der Waals surface area (Å²) in [5, 5.41) is 0. The molecule has 0 saturated carbocycles. The molecule has 0 bridgehead atoms. The molecule has 8 heteroatoms. The van der Waals surface area contributed by atoms with Crippen LogP contribution < -0.4 is 5.73 Å². The van der Waals surface area contributed by atoms with Gasteiger partial charge in [-0.25, -0.2) is 12.7 Å². The third-order valence-electron chi connectivity index (χ3n) is 2.96. The maximum Gasteiger partial charge on any atom is 0.403 e. The van der Waals surface area contributed by atoms with Crippen LogP contribution >= 0.6 is 0 Å². The van der Waals surface area contributed by atoms with Gasteiger partial charge in [-0.05, 0) is 25.2 Å². The largest absolute Gasteiger partial charge is 0.403 e. The lowest BCUT2D eigenvalue weighted by molar-refractivity contribution is -0.151. The standard InChI is InChI=1S/C9H17F3N2O2S/c1-17(15,16)14-4-2-3-7(6-14)5-8(13)9(10,11)12/h7-8H,2-6,13H2,1H3. The summed E-state index contributed by atoms with van der Waals surface area (Å²) >= 11 is 0. The normalized spacial score (nSPS) is 25.8. The quantitative estimate of drug-likeness (QED) is 0.833. The van der Waals surface area contributed by atoms with E-state index in [-0.39, 0.29) is 18.9 Å². The van der Waals surface area contributed by atoms with E-state index >= 15 is 0 Å². The maximum atomic E-state index is 12.3. The summed E-state index contributed by atoms with van der Waals surface area (Å²) in [4.78, 5) is 0. The van der Waals surface area contributed by atoms with Crippen LogP contribution in [0.5, 0.6) is 0 Å². The summed E-state index contributed by atoms with van der Waals surface area (Å²) in [6, 6.07) is -1.87. The molecule has 0 amide bonds. The number of rotatable bonds is 3. The van der Waals surface area contributed by atoms with Crippen LogP contribution in [0.1, 0.15) is 19.3 Å². The minimum atomic E-state index is -4.41. The van der Waals surface area contributed by atoms with Crippen molar-refractivity contribution in [1.82, 2.24) is 4.31 Å². The molecule has 0 radical (unpaired) electrons. The van der Waals surface area contributed by atoms with Crippen molar-refractivity contribution in [3.05, 3.63) is 0 Å². The second-order valence-corrected chi connectivity index (χ2v) is 6.50. The summed E-state index contributed by atoms with van der Waals surface area (Å²) in [6.45, 7) is 0.527. The van der Waals surface area contributed by atoms with E-state index in [0.29, 0.717) is 19.4 Å². The van der Waals surface area contributed by atoms with Crippen molar-refractivity contribution in [2.45, 2.75) is 31.5 Å². The lowest BCUT2D eigenvalue weighted by Gasteiger charge is -2.32. The van der Waals surface area contributed by atoms with E-state index < -0.39 is 22.2 Å². The molecule has 0 aromatic rings. The van der Waals surface area contributed by atoms with Gasteiger partial charge in [-0.15, -0.1) is 0 Å². The van der Waals surface area contributed by atoms with Crippen LogP contribution in [0, 0.1) is 5.92 Å². The number of alkyl halides is 3. The topological polar surface area (TPSA) is 63.4 Å². The number of halogens is 3. The summed E-state index contributed by atoms with van der Waals surface area (Å²) in [6.07, 6.45) is -2.37. The first-order valence-electron chi connectivity index (χ1n) is 5.38. The third-order valence-corrected chi connectivity index (χ3v) is 4.23. The number of nitrogens with zero attached hydrogens (tertiary/aromatic N) is 1. The highest BCUT2D eigenvalue weighted by atomic mass is 32.2. The first-order valence-corrected chi connectivity index (χ1v) is 7.23. The van der Waals surface area contributed by atoms with E-state index in [9.17, 15) is 21.6 Å². The molecule has 102 valence electrons. The van der Waals surface area contributed by atoms with Crippen LogP contribution in [-0.2, 0) is 10.0 Å². The van der Waals surface area contributed by atoms with E-state index in [4.69, 9.17) is 5.73 Å². The molecule has 17 heavy (non-hydrogen) atoms. The van der Waals surface area contributed by atoms with Crippen molar-refractivity contribution >= 4 is 10.0 Å². The van der Waals surface area contributed by atoms with Crippen molar-refractivity contribution in [2.24, 2.45) is 11.7 Å². The van der Waals surface area contributed by atoms with E-state index in [1.807, 2.05) is 0 Å². The van der Waals surface area contributed by atoms with Gasteiger partial charge in [-0.2, -0.15) is 13.2 Å². The Balaban J connectivity index is 2.57. The predicted octanol–water partition coefficient (Wildman–Crippen LogP) is 0.938. The molecule has 0 aromatic carbocycles. The van der Waals surface area contributed by atoms with E-state index in [1.54, 1.807) is 0 Å².